The molecule has 4 aromatic heterocycles. The van der Waals surface area contributed by atoms with Crippen LogP contribution in [0.15, 0.2) is 43.1 Å². The topological polar surface area (TPSA) is 127 Å². The molecule has 2 N–H and O–H groups in total. The lowest BCUT2D eigenvalue weighted by Gasteiger charge is -2.05. The van der Waals surface area contributed by atoms with Gasteiger partial charge < -0.3 is 5.32 Å². The highest BCUT2D eigenvalue weighted by molar-refractivity contribution is 6.07. The smallest absolute Gasteiger partial charge is 0.245 e. The number of aromatic amines is 1. The molecule has 4 aromatic rings. The van der Waals surface area contributed by atoms with E-state index in [4.69, 9.17) is 0 Å². The Morgan fingerprint density at radius 1 is 1.26 bits per heavy atom. The lowest BCUT2D eigenvalue weighted by atomic mass is 10.2. The highest BCUT2D eigenvalue weighted by atomic mass is 16.1. The summed E-state index contributed by atoms with van der Waals surface area (Å²) >= 11 is 0. The first-order valence-electron chi connectivity index (χ1n) is 6.60. The van der Waals surface area contributed by atoms with Gasteiger partial charge >= 0.3 is 0 Å². The summed E-state index contributed by atoms with van der Waals surface area (Å²) < 4.78 is 1.56. The van der Waals surface area contributed by atoms with Crippen LogP contribution in [-0.2, 0) is 0 Å². The predicted octanol–water partition coefficient (Wildman–Crippen LogP) is 0.612. The third-order valence-electron chi connectivity index (χ3n) is 3.16. The van der Waals surface area contributed by atoms with Crippen LogP contribution < -0.4 is 5.32 Å². The molecular weight excluding hydrogens is 298 g/mol. The number of hydrogen-bond donors (Lipinski definition) is 2. The zero-order valence-electron chi connectivity index (χ0n) is 11.6. The molecular formula is C13H9N9O. The van der Waals surface area contributed by atoms with Crippen molar-refractivity contribution in [3.63, 3.8) is 0 Å². The summed E-state index contributed by atoms with van der Waals surface area (Å²) in [5, 5.41) is 20.3. The van der Waals surface area contributed by atoms with E-state index in [1.807, 2.05) is 12.1 Å². The van der Waals surface area contributed by atoms with Crippen LogP contribution in [0.2, 0.25) is 0 Å². The minimum absolute atomic E-state index is 0.00231. The first-order valence-corrected chi connectivity index (χ1v) is 6.60. The van der Waals surface area contributed by atoms with Gasteiger partial charge in [0.15, 0.2) is 5.82 Å². The number of nitrogens with one attached hydrogen (secondary N) is 2. The second-order valence-corrected chi connectivity index (χ2v) is 4.59. The van der Waals surface area contributed by atoms with Crippen molar-refractivity contribution in [1.82, 2.24) is 40.2 Å². The Kier molecular flexibility index (Phi) is 2.97. The molecule has 4 heterocycles. The van der Waals surface area contributed by atoms with E-state index in [-0.39, 0.29) is 11.6 Å². The summed E-state index contributed by atoms with van der Waals surface area (Å²) in [5.74, 6) is 0.218. The number of anilines is 2. The Hall–Kier alpha value is -3.69. The first kappa shape index (κ1) is 13.0. The number of hydrogen-bond acceptors (Lipinski definition) is 8. The number of nitrogens with zero attached hydrogens (tertiary/aromatic N) is 7. The van der Waals surface area contributed by atoms with Crippen LogP contribution in [0.1, 0.15) is 16.2 Å². The van der Waals surface area contributed by atoms with Gasteiger partial charge in [-0.3, -0.25) is 9.78 Å². The molecule has 112 valence electrons. The standard InChI is InChI=1S/C13H9N9O/c23-11(13-18-20-21-19-13)8-5-10-12(15-7-16-22(10)6-8)17-9-1-3-14-4-2-9/h1-7H,(H,14,15,16,17)(H,18,19,20,21). The molecule has 0 spiro atoms. The quantitative estimate of drug-likeness (QED) is 0.525. The number of tetrazole rings is 1. The van der Waals surface area contributed by atoms with E-state index in [1.54, 1.807) is 29.2 Å². The maximum atomic E-state index is 12.3. The van der Waals surface area contributed by atoms with Gasteiger partial charge in [-0.15, -0.1) is 10.2 Å². The number of fused-ring (bicyclic) bond motifs is 1. The van der Waals surface area contributed by atoms with Crippen molar-refractivity contribution in [2.24, 2.45) is 0 Å². The van der Waals surface area contributed by atoms with Crippen LogP contribution in [0.3, 0.4) is 0 Å². The second kappa shape index (κ2) is 5.26. The van der Waals surface area contributed by atoms with Crippen LogP contribution in [0.25, 0.3) is 5.52 Å². The van der Waals surface area contributed by atoms with Crippen molar-refractivity contribution >= 4 is 22.8 Å². The zero-order chi connectivity index (χ0) is 15.6. The number of aromatic nitrogens is 8. The number of rotatable bonds is 4. The summed E-state index contributed by atoms with van der Waals surface area (Å²) in [7, 11) is 0. The van der Waals surface area contributed by atoms with Crippen molar-refractivity contribution < 1.29 is 4.79 Å². The third kappa shape index (κ3) is 2.37. The molecule has 0 saturated heterocycles. The maximum Gasteiger partial charge on any atom is 0.245 e. The second-order valence-electron chi connectivity index (χ2n) is 4.59. The van der Waals surface area contributed by atoms with Gasteiger partial charge in [-0.2, -0.15) is 10.3 Å². The van der Waals surface area contributed by atoms with Crippen molar-refractivity contribution in [2.75, 3.05) is 5.32 Å². The van der Waals surface area contributed by atoms with Crippen molar-refractivity contribution in [2.45, 2.75) is 0 Å². The molecule has 4 rings (SSSR count). The van der Waals surface area contributed by atoms with Gasteiger partial charge in [0.2, 0.25) is 11.6 Å². The fraction of sp³-hybridized carbons (Fsp3) is 0. The van der Waals surface area contributed by atoms with Crippen LogP contribution in [0, 0.1) is 0 Å². The molecule has 23 heavy (non-hydrogen) atoms. The molecule has 0 aromatic carbocycles. The Morgan fingerprint density at radius 2 is 2.13 bits per heavy atom. The van der Waals surface area contributed by atoms with Crippen molar-refractivity contribution in [1.29, 1.82) is 0 Å². The molecule has 0 amide bonds. The van der Waals surface area contributed by atoms with E-state index >= 15 is 0 Å². The van der Waals surface area contributed by atoms with Gasteiger partial charge in [-0.05, 0) is 23.4 Å². The maximum absolute atomic E-state index is 12.3. The summed E-state index contributed by atoms with van der Waals surface area (Å²) in [5.41, 5.74) is 1.87. The van der Waals surface area contributed by atoms with Gasteiger partial charge in [0, 0.05) is 29.8 Å². The number of pyridine rings is 1. The highest BCUT2D eigenvalue weighted by Gasteiger charge is 2.17. The van der Waals surface area contributed by atoms with Gasteiger partial charge in [0.1, 0.15) is 11.8 Å². The zero-order valence-corrected chi connectivity index (χ0v) is 11.6. The van der Waals surface area contributed by atoms with E-state index in [0.717, 1.165) is 5.69 Å². The molecule has 0 saturated carbocycles. The molecule has 0 aliphatic carbocycles. The number of carbonyl (C=O) groups is 1. The van der Waals surface area contributed by atoms with Gasteiger partial charge in [-0.25, -0.2) is 9.50 Å². The van der Waals surface area contributed by atoms with Gasteiger partial charge in [0.25, 0.3) is 0 Å². The molecule has 0 bridgehead atoms. The lowest BCUT2D eigenvalue weighted by Crippen LogP contribution is -2.02. The fourth-order valence-electron chi connectivity index (χ4n) is 2.11. The molecule has 0 aliphatic heterocycles. The first-order chi connectivity index (χ1) is 11.3. The molecule has 10 nitrogen and oxygen atoms in total. The summed E-state index contributed by atoms with van der Waals surface area (Å²) in [6.07, 6.45) is 6.33. The van der Waals surface area contributed by atoms with Crippen LogP contribution in [0.5, 0.6) is 0 Å². The molecule has 10 heteroatoms. The highest BCUT2D eigenvalue weighted by Crippen LogP contribution is 2.21. The van der Waals surface area contributed by atoms with E-state index < -0.39 is 0 Å². The predicted molar refractivity (Wildman–Crippen MR) is 78.1 cm³/mol. The largest absolute Gasteiger partial charge is 0.338 e. The summed E-state index contributed by atoms with van der Waals surface area (Å²) in [6, 6.07) is 5.29. The van der Waals surface area contributed by atoms with E-state index in [0.29, 0.717) is 16.9 Å². The molecule has 0 aliphatic rings. The van der Waals surface area contributed by atoms with E-state index in [1.165, 1.54) is 6.33 Å². The minimum atomic E-state index is -0.348. The average molecular weight is 307 g/mol. The van der Waals surface area contributed by atoms with Crippen molar-refractivity contribution in [3.8, 4) is 0 Å². The molecule has 0 radical (unpaired) electrons. The van der Waals surface area contributed by atoms with E-state index in [2.05, 4.69) is 41.0 Å². The third-order valence-corrected chi connectivity index (χ3v) is 3.16. The van der Waals surface area contributed by atoms with Gasteiger partial charge in [0.05, 0.1) is 0 Å². The van der Waals surface area contributed by atoms with Crippen molar-refractivity contribution in [3.05, 3.63) is 54.5 Å². The minimum Gasteiger partial charge on any atom is -0.338 e. The monoisotopic (exact) mass is 307 g/mol. The summed E-state index contributed by atoms with van der Waals surface area (Å²) in [4.78, 5) is 20.4. The fourth-order valence-corrected chi connectivity index (χ4v) is 2.11. The Morgan fingerprint density at radius 3 is 2.91 bits per heavy atom. The van der Waals surface area contributed by atoms with Gasteiger partial charge in [-0.1, -0.05) is 0 Å². The Balaban J connectivity index is 1.74. The van der Waals surface area contributed by atoms with E-state index in [9.17, 15) is 4.79 Å². The molecule has 0 atom stereocenters. The Labute approximate surface area is 128 Å². The Bertz CT molecular complexity index is 962. The van der Waals surface area contributed by atoms with Crippen LogP contribution in [-0.4, -0.2) is 46.0 Å². The normalized spacial score (nSPS) is 10.8. The average Bonchev–Trinajstić information content (AvgIpc) is 3.25. The van der Waals surface area contributed by atoms with Crippen LogP contribution >= 0.6 is 0 Å². The number of H-pyrrole nitrogens is 1. The number of carbonyl (C=O) groups excluding carboxylic acids is 1. The SMILES string of the molecule is O=C(c1cc2c(Nc3ccncc3)ncnn2c1)c1nn[nH]n1. The van der Waals surface area contributed by atoms with Crippen LogP contribution in [0.4, 0.5) is 11.5 Å². The molecule has 0 fully saturated rings. The molecule has 0 unspecified atom stereocenters. The number of ketones is 1. The lowest BCUT2D eigenvalue weighted by molar-refractivity contribution is 0.102. The summed E-state index contributed by atoms with van der Waals surface area (Å²) in [6.45, 7) is 0.